The fraction of sp³-hybridized carbons (Fsp3) is 0.182. The van der Waals surface area contributed by atoms with Crippen LogP contribution in [0, 0.1) is 11.3 Å². The molecule has 0 atom stereocenters. The maximum absolute atomic E-state index is 12.3. The van der Waals surface area contributed by atoms with Crippen LogP contribution in [0.15, 0.2) is 22.9 Å². The van der Waals surface area contributed by atoms with Crippen molar-refractivity contribution in [1.29, 1.82) is 5.26 Å². The number of hydrogen-bond donors (Lipinski definition) is 1. The number of nitriles is 1. The van der Waals surface area contributed by atoms with E-state index in [0.29, 0.717) is 15.9 Å². The average Bonchev–Trinajstić information content (AvgIpc) is 2.68. The third-order valence-corrected chi connectivity index (χ3v) is 2.78. The summed E-state index contributed by atoms with van der Waals surface area (Å²) in [6.07, 6.45) is -4.08. The number of rotatable bonds is 2. The number of nitrogens with zero attached hydrogens (tertiary/aromatic N) is 3. The zero-order valence-corrected chi connectivity index (χ0v) is 10.9. The van der Waals surface area contributed by atoms with Crippen molar-refractivity contribution in [2.75, 3.05) is 0 Å². The summed E-state index contributed by atoms with van der Waals surface area (Å²) >= 11 is 3.10. The van der Waals surface area contributed by atoms with E-state index in [1.54, 1.807) is 0 Å². The van der Waals surface area contributed by atoms with Crippen molar-refractivity contribution in [2.24, 2.45) is 0 Å². The van der Waals surface area contributed by atoms with Gasteiger partial charge in [0, 0.05) is 6.20 Å². The summed E-state index contributed by atoms with van der Waals surface area (Å²) in [6, 6.07) is 4.89. The maximum Gasteiger partial charge on any atom is 0.396 e. The van der Waals surface area contributed by atoms with Crippen LogP contribution in [0.3, 0.4) is 0 Å². The number of aromatic amines is 1. The van der Waals surface area contributed by atoms with Crippen LogP contribution in [0.5, 0.6) is 0 Å². The Hall–Kier alpha value is -1.88. The van der Waals surface area contributed by atoms with Crippen molar-refractivity contribution in [3.63, 3.8) is 0 Å². The predicted molar refractivity (Wildman–Crippen MR) is 64.0 cm³/mol. The van der Waals surface area contributed by atoms with Crippen LogP contribution >= 0.6 is 15.9 Å². The van der Waals surface area contributed by atoms with E-state index < -0.39 is 12.6 Å². The van der Waals surface area contributed by atoms with Crippen molar-refractivity contribution in [3.8, 4) is 17.5 Å². The molecule has 1 N–H and O–H groups in total. The summed E-state index contributed by atoms with van der Waals surface area (Å²) < 4.78 is 37.1. The molecule has 0 aliphatic carbocycles. The fourth-order valence-electron chi connectivity index (χ4n) is 1.47. The highest BCUT2D eigenvalue weighted by atomic mass is 79.9. The van der Waals surface area contributed by atoms with Gasteiger partial charge in [0.2, 0.25) is 0 Å². The van der Waals surface area contributed by atoms with Gasteiger partial charge in [0.05, 0.1) is 17.3 Å². The number of H-pyrrole nitrogens is 1. The maximum atomic E-state index is 12.3. The van der Waals surface area contributed by atoms with E-state index in [-0.39, 0.29) is 11.5 Å². The molecule has 2 aromatic heterocycles. The normalized spacial score (nSPS) is 11.3. The van der Waals surface area contributed by atoms with Crippen LogP contribution in [0.25, 0.3) is 11.4 Å². The first-order chi connectivity index (χ1) is 8.89. The molecule has 0 aromatic carbocycles. The third-order valence-electron chi connectivity index (χ3n) is 2.21. The van der Waals surface area contributed by atoms with Gasteiger partial charge in [0.15, 0.2) is 0 Å². The van der Waals surface area contributed by atoms with Gasteiger partial charge in [-0.2, -0.15) is 18.4 Å². The minimum absolute atomic E-state index is 0.210. The molecule has 4 nitrogen and oxygen atoms in total. The molecular formula is C11H6BrF3N4. The summed E-state index contributed by atoms with van der Waals surface area (Å²) in [5.41, 5.74) is 0.934. The number of imidazole rings is 1. The lowest BCUT2D eigenvalue weighted by molar-refractivity contribution is -0.128. The van der Waals surface area contributed by atoms with Gasteiger partial charge in [-0.3, -0.25) is 4.98 Å². The number of alkyl halides is 3. The lowest BCUT2D eigenvalue weighted by Gasteiger charge is -2.01. The molecule has 0 bridgehead atoms. The summed E-state index contributed by atoms with van der Waals surface area (Å²) in [5.74, 6) is -0.210. The Morgan fingerprint density at radius 3 is 2.79 bits per heavy atom. The van der Waals surface area contributed by atoms with Crippen molar-refractivity contribution in [1.82, 2.24) is 15.0 Å². The van der Waals surface area contributed by atoms with E-state index >= 15 is 0 Å². The molecule has 2 heterocycles. The van der Waals surface area contributed by atoms with Crippen molar-refractivity contribution >= 4 is 15.9 Å². The number of pyridine rings is 1. The predicted octanol–water partition coefficient (Wildman–Crippen LogP) is 3.21. The second-order valence-corrected chi connectivity index (χ2v) is 4.47. The van der Waals surface area contributed by atoms with Crippen LogP contribution < -0.4 is 0 Å². The molecule has 0 fully saturated rings. The Bertz CT molecular complexity index is 642. The zero-order valence-electron chi connectivity index (χ0n) is 9.29. The minimum Gasteiger partial charge on any atom is -0.336 e. The zero-order chi connectivity index (χ0) is 14.0. The van der Waals surface area contributed by atoms with Gasteiger partial charge in [-0.1, -0.05) is 0 Å². The monoisotopic (exact) mass is 330 g/mol. The quantitative estimate of drug-likeness (QED) is 0.919. The van der Waals surface area contributed by atoms with Crippen LogP contribution in [0.4, 0.5) is 13.2 Å². The summed E-state index contributed by atoms with van der Waals surface area (Å²) in [4.78, 5) is 10.3. The van der Waals surface area contributed by atoms with Crippen LogP contribution in [0.1, 0.15) is 11.4 Å². The van der Waals surface area contributed by atoms with Gasteiger partial charge in [0.1, 0.15) is 22.5 Å². The fourth-order valence-corrected chi connectivity index (χ4v) is 1.99. The highest BCUT2D eigenvalue weighted by Gasteiger charge is 2.30. The molecule has 19 heavy (non-hydrogen) atoms. The molecule has 2 aromatic rings. The van der Waals surface area contributed by atoms with E-state index in [1.807, 2.05) is 6.07 Å². The summed E-state index contributed by atoms with van der Waals surface area (Å²) in [5, 5.41) is 8.77. The molecule has 0 saturated heterocycles. The standard InChI is InChI=1S/C11H6BrF3N4/c12-10-9(7-3-6(5-16)1-2-17-7)18-8(19-10)4-11(13,14)15/h1-3H,4H2,(H,18,19). The Balaban J connectivity index is 2.38. The number of nitrogens with one attached hydrogen (secondary N) is 1. The molecule has 0 amide bonds. The van der Waals surface area contributed by atoms with E-state index in [1.165, 1.54) is 18.3 Å². The van der Waals surface area contributed by atoms with E-state index in [4.69, 9.17) is 5.26 Å². The van der Waals surface area contributed by atoms with Gasteiger partial charge in [-0.15, -0.1) is 0 Å². The summed E-state index contributed by atoms with van der Waals surface area (Å²) in [6.45, 7) is 0. The second-order valence-electron chi connectivity index (χ2n) is 3.68. The van der Waals surface area contributed by atoms with Gasteiger partial charge in [-0.05, 0) is 28.1 Å². The van der Waals surface area contributed by atoms with Gasteiger partial charge >= 0.3 is 6.18 Å². The SMILES string of the molecule is N#Cc1ccnc(-c2nc(CC(F)(F)F)[nH]c2Br)c1. The Morgan fingerprint density at radius 2 is 2.16 bits per heavy atom. The molecule has 0 radical (unpaired) electrons. The van der Waals surface area contributed by atoms with Gasteiger partial charge in [-0.25, -0.2) is 4.98 Å². The Kier molecular flexibility index (Phi) is 3.57. The average molecular weight is 331 g/mol. The van der Waals surface area contributed by atoms with Crippen LogP contribution in [-0.2, 0) is 6.42 Å². The Morgan fingerprint density at radius 1 is 1.42 bits per heavy atom. The first-order valence-electron chi connectivity index (χ1n) is 5.07. The lowest BCUT2D eigenvalue weighted by Crippen LogP contribution is -2.12. The molecular weight excluding hydrogens is 325 g/mol. The topological polar surface area (TPSA) is 65.4 Å². The highest BCUT2D eigenvalue weighted by Crippen LogP contribution is 2.27. The number of aromatic nitrogens is 3. The van der Waals surface area contributed by atoms with E-state index in [2.05, 4.69) is 30.9 Å². The molecule has 0 aliphatic rings. The number of halogens is 4. The molecule has 98 valence electrons. The van der Waals surface area contributed by atoms with Crippen molar-refractivity contribution < 1.29 is 13.2 Å². The van der Waals surface area contributed by atoms with Crippen molar-refractivity contribution in [2.45, 2.75) is 12.6 Å². The highest BCUT2D eigenvalue weighted by molar-refractivity contribution is 9.10. The smallest absolute Gasteiger partial charge is 0.336 e. The molecule has 8 heteroatoms. The molecule has 0 unspecified atom stereocenters. The molecule has 0 spiro atoms. The first kappa shape index (κ1) is 13.5. The second kappa shape index (κ2) is 5.01. The molecule has 2 rings (SSSR count). The van der Waals surface area contributed by atoms with E-state index in [9.17, 15) is 13.2 Å². The van der Waals surface area contributed by atoms with Gasteiger partial charge < -0.3 is 4.98 Å². The Labute approximate surface area is 114 Å². The molecule has 0 saturated carbocycles. The first-order valence-corrected chi connectivity index (χ1v) is 5.86. The molecule has 0 aliphatic heterocycles. The third kappa shape index (κ3) is 3.32. The number of hydrogen-bond acceptors (Lipinski definition) is 3. The van der Waals surface area contributed by atoms with Gasteiger partial charge in [0.25, 0.3) is 0 Å². The van der Waals surface area contributed by atoms with Crippen LogP contribution in [0.2, 0.25) is 0 Å². The minimum atomic E-state index is -4.34. The van der Waals surface area contributed by atoms with Crippen molar-refractivity contribution in [3.05, 3.63) is 34.3 Å². The summed E-state index contributed by atoms with van der Waals surface area (Å²) in [7, 11) is 0. The lowest BCUT2D eigenvalue weighted by atomic mass is 10.2. The van der Waals surface area contributed by atoms with Crippen LogP contribution in [-0.4, -0.2) is 21.1 Å². The van der Waals surface area contributed by atoms with E-state index in [0.717, 1.165) is 0 Å². The largest absolute Gasteiger partial charge is 0.396 e.